The highest BCUT2D eigenvalue weighted by Crippen LogP contribution is 2.14. The van der Waals surface area contributed by atoms with Crippen LogP contribution in [0.5, 0.6) is 5.75 Å². The minimum atomic E-state index is 0.0134. The number of rotatable bonds is 13. The van der Waals surface area contributed by atoms with E-state index in [0.29, 0.717) is 11.5 Å². The quantitative estimate of drug-likeness (QED) is 0.478. The van der Waals surface area contributed by atoms with E-state index < -0.39 is 0 Å². The molecule has 1 N–H and O–H groups in total. The molecule has 1 atom stereocenters. The Morgan fingerprint density at radius 3 is 2.33 bits per heavy atom. The van der Waals surface area contributed by atoms with Gasteiger partial charge in [-0.05, 0) is 43.0 Å². The van der Waals surface area contributed by atoms with Gasteiger partial charge in [-0.3, -0.25) is 4.79 Å². The van der Waals surface area contributed by atoms with Crippen LogP contribution in [0.4, 0.5) is 0 Å². The number of hydrogen-bond donors (Lipinski definition) is 1. The molecule has 0 aliphatic heterocycles. The summed E-state index contributed by atoms with van der Waals surface area (Å²) in [5.41, 5.74) is 0.707. The van der Waals surface area contributed by atoms with Gasteiger partial charge in [-0.25, -0.2) is 0 Å². The van der Waals surface area contributed by atoms with E-state index in [1.165, 1.54) is 38.5 Å². The fourth-order valence-electron chi connectivity index (χ4n) is 2.70. The van der Waals surface area contributed by atoms with Gasteiger partial charge in [-0.1, -0.05) is 59.3 Å². The molecule has 0 saturated carbocycles. The molecule has 1 amide bonds. The van der Waals surface area contributed by atoms with Gasteiger partial charge in [-0.15, -0.1) is 0 Å². The third-order valence-corrected chi connectivity index (χ3v) is 4.48. The van der Waals surface area contributed by atoms with Gasteiger partial charge in [-0.2, -0.15) is 0 Å². The van der Waals surface area contributed by atoms with Gasteiger partial charge in [0.2, 0.25) is 0 Å². The molecule has 3 heteroatoms. The third-order valence-electron chi connectivity index (χ3n) is 4.48. The molecule has 1 rings (SSSR count). The van der Waals surface area contributed by atoms with Crippen LogP contribution in [-0.4, -0.2) is 19.1 Å². The van der Waals surface area contributed by atoms with E-state index in [1.54, 1.807) is 0 Å². The largest absolute Gasteiger partial charge is 0.494 e. The lowest BCUT2D eigenvalue weighted by Gasteiger charge is -2.15. The first-order valence-corrected chi connectivity index (χ1v) is 9.72. The van der Waals surface area contributed by atoms with Crippen LogP contribution in [0, 0.1) is 5.92 Å². The Morgan fingerprint density at radius 2 is 1.71 bits per heavy atom. The molecule has 0 heterocycles. The molecule has 0 aliphatic rings. The van der Waals surface area contributed by atoms with Crippen molar-refractivity contribution < 1.29 is 9.53 Å². The van der Waals surface area contributed by atoms with E-state index in [9.17, 15) is 4.79 Å². The van der Waals surface area contributed by atoms with Crippen LogP contribution in [0.2, 0.25) is 0 Å². The van der Waals surface area contributed by atoms with Gasteiger partial charge in [0.15, 0.2) is 0 Å². The van der Waals surface area contributed by atoms with Crippen molar-refractivity contribution in [2.45, 2.75) is 72.1 Å². The molecule has 136 valence electrons. The molecular weight excluding hydrogens is 298 g/mol. The van der Waals surface area contributed by atoms with Crippen LogP contribution < -0.4 is 10.1 Å². The first kappa shape index (κ1) is 20.5. The molecule has 0 bridgehead atoms. The zero-order valence-electron chi connectivity index (χ0n) is 15.8. The minimum absolute atomic E-state index is 0.0134. The van der Waals surface area contributed by atoms with Gasteiger partial charge < -0.3 is 10.1 Å². The average Bonchev–Trinajstić information content (AvgIpc) is 2.62. The summed E-state index contributed by atoms with van der Waals surface area (Å²) in [6.45, 7) is 8.13. The summed E-state index contributed by atoms with van der Waals surface area (Å²) in [7, 11) is 0. The number of nitrogens with one attached hydrogen (secondary N) is 1. The summed E-state index contributed by atoms with van der Waals surface area (Å²) in [5.74, 6) is 1.44. The molecule has 1 aromatic rings. The summed E-state index contributed by atoms with van der Waals surface area (Å²) >= 11 is 0. The highest BCUT2D eigenvalue weighted by Gasteiger charge is 2.10. The zero-order valence-corrected chi connectivity index (χ0v) is 15.8. The number of hydrogen-bond acceptors (Lipinski definition) is 2. The number of unbranched alkanes of at least 4 members (excludes halogenated alkanes) is 4. The fraction of sp³-hybridized carbons (Fsp3) is 0.667. The van der Waals surface area contributed by atoms with E-state index in [1.807, 2.05) is 24.3 Å². The first-order chi connectivity index (χ1) is 11.7. The Hall–Kier alpha value is -1.51. The standard InChI is InChI=1S/C21H35NO2/c1-4-7-9-10-16-24-20-14-12-19(13-15-20)21(23)22-17-18(6-3)11-8-5-2/h12-15,18H,4-11,16-17H2,1-3H3,(H,22,23). The van der Waals surface area contributed by atoms with Gasteiger partial charge in [0, 0.05) is 12.1 Å². The first-order valence-electron chi connectivity index (χ1n) is 9.72. The maximum absolute atomic E-state index is 12.2. The Labute approximate surface area is 148 Å². The van der Waals surface area contributed by atoms with Crippen molar-refractivity contribution in [2.24, 2.45) is 5.92 Å². The van der Waals surface area contributed by atoms with Crippen LogP contribution >= 0.6 is 0 Å². The number of ether oxygens (including phenoxy) is 1. The zero-order chi connectivity index (χ0) is 17.6. The second kappa shape index (κ2) is 12.9. The summed E-state index contributed by atoms with van der Waals surface area (Å²) in [4.78, 5) is 12.2. The monoisotopic (exact) mass is 333 g/mol. The molecule has 1 unspecified atom stereocenters. The normalized spacial score (nSPS) is 12.0. The van der Waals surface area contributed by atoms with Crippen LogP contribution in [0.3, 0.4) is 0 Å². The van der Waals surface area contributed by atoms with Crippen molar-refractivity contribution in [3.63, 3.8) is 0 Å². The predicted octanol–water partition coefficient (Wildman–Crippen LogP) is 5.59. The van der Waals surface area contributed by atoms with E-state index in [0.717, 1.165) is 31.7 Å². The SMILES string of the molecule is CCCCCCOc1ccc(C(=O)NCC(CC)CCCC)cc1. The number of amides is 1. The second-order valence-corrected chi connectivity index (χ2v) is 6.56. The number of carbonyl (C=O) groups excluding carboxylic acids is 1. The van der Waals surface area contributed by atoms with Crippen molar-refractivity contribution in [3.8, 4) is 5.75 Å². The van der Waals surface area contributed by atoms with Gasteiger partial charge in [0.05, 0.1) is 6.61 Å². The summed E-state index contributed by atoms with van der Waals surface area (Å²) in [6, 6.07) is 7.49. The molecule has 0 aromatic heterocycles. The van der Waals surface area contributed by atoms with Crippen molar-refractivity contribution in [3.05, 3.63) is 29.8 Å². The van der Waals surface area contributed by atoms with Gasteiger partial charge in [0.1, 0.15) is 5.75 Å². The Morgan fingerprint density at radius 1 is 1.00 bits per heavy atom. The predicted molar refractivity (Wildman–Crippen MR) is 102 cm³/mol. The highest BCUT2D eigenvalue weighted by atomic mass is 16.5. The molecule has 24 heavy (non-hydrogen) atoms. The van der Waals surface area contributed by atoms with Crippen LogP contribution in [0.1, 0.15) is 82.5 Å². The number of carbonyl (C=O) groups is 1. The van der Waals surface area contributed by atoms with Gasteiger partial charge >= 0.3 is 0 Å². The average molecular weight is 334 g/mol. The maximum Gasteiger partial charge on any atom is 0.251 e. The van der Waals surface area contributed by atoms with E-state index in [-0.39, 0.29) is 5.91 Å². The molecule has 0 spiro atoms. The molecule has 0 saturated heterocycles. The summed E-state index contributed by atoms with van der Waals surface area (Å²) < 4.78 is 5.72. The molecule has 0 fully saturated rings. The van der Waals surface area contributed by atoms with Crippen molar-refractivity contribution >= 4 is 5.91 Å². The molecule has 3 nitrogen and oxygen atoms in total. The number of benzene rings is 1. The Bertz CT molecular complexity index is 442. The summed E-state index contributed by atoms with van der Waals surface area (Å²) in [6.07, 6.45) is 9.56. The summed E-state index contributed by atoms with van der Waals surface area (Å²) in [5, 5.41) is 3.06. The second-order valence-electron chi connectivity index (χ2n) is 6.56. The van der Waals surface area contributed by atoms with E-state index >= 15 is 0 Å². The van der Waals surface area contributed by atoms with Crippen molar-refractivity contribution in [1.29, 1.82) is 0 Å². The van der Waals surface area contributed by atoms with Gasteiger partial charge in [0.25, 0.3) is 5.91 Å². The minimum Gasteiger partial charge on any atom is -0.494 e. The molecular formula is C21H35NO2. The lowest BCUT2D eigenvalue weighted by atomic mass is 9.99. The van der Waals surface area contributed by atoms with Crippen LogP contribution in [-0.2, 0) is 0 Å². The van der Waals surface area contributed by atoms with E-state index in [2.05, 4.69) is 26.1 Å². The lowest BCUT2D eigenvalue weighted by Crippen LogP contribution is -2.29. The van der Waals surface area contributed by atoms with Crippen LogP contribution in [0.25, 0.3) is 0 Å². The van der Waals surface area contributed by atoms with Crippen molar-refractivity contribution in [1.82, 2.24) is 5.32 Å². The smallest absolute Gasteiger partial charge is 0.251 e. The highest BCUT2D eigenvalue weighted by molar-refractivity contribution is 5.94. The van der Waals surface area contributed by atoms with E-state index in [4.69, 9.17) is 4.74 Å². The molecule has 0 radical (unpaired) electrons. The Balaban J connectivity index is 2.34. The molecule has 1 aromatic carbocycles. The molecule has 0 aliphatic carbocycles. The third kappa shape index (κ3) is 8.37. The van der Waals surface area contributed by atoms with Crippen LogP contribution in [0.15, 0.2) is 24.3 Å². The topological polar surface area (TPSA) is 38.3 Å². The maximum atomic E-state index is 12.2. The van der Waals surface area contributed by atoms with Crippen molar-refractivity contribution in [2.75, 3.05) is 13.2 Å². The Kier molecular flexibility index (Phi) is 11.0. The fourth-order valence-corrected chi connectivity index (χ4v) is 2.70. The lowest BCUT2D eigenvalue weighted by molar-refractivity contribution is 0.0946.